The summed E-state index contributed by atoms with van der Waals surface area (Å²) in [5, 5.41) is 7.70. The number of methoxy groups -OCH3 is 1. The summed E-state index contributed by atoms with van der Waals surface area (Å²) in [5.74, 6) is 0.454. The molecule has 2 aromatic carbocycles. The first-order chi connectivity index (χ1) is 16.0. The third-order valence-electron chi connectivity index (χ3n) is 5.14. The Kier molecular flexibility index (Phi) is 6.79. The lowest BCUT2D eigenvalue weighted by Gasteiger charge is -2.13. The Morgan fingerprint density at radius 3 is 2.64 bits per heavy atom. The van der Waals surface area contributed by atoms with E-state index in [1.165, 1.54) is 11.8 Å². The highest BCUT2D eigenvalue weighted by Crippen LogP contribution is 2.24. The van der Waals surface area contributed by atoms with Gasteiger partial charge in [0.05, 0.1) is 31.3 Å². The van der Waals surface area contributed by atoms with E-state index in [0.717, 1.165) is 11.1 Å². The molecule has 0 spiro atoms. The van der Waals surface area contributed by atoms with Gasteiger partial charge >= 0.3 is 0 Å². The van der Waals surface area contributed by atoms with E-state index < -0.39 is 0 Å². The minimum atomic E-state index is -0.222. The monoisotopic (exact) mass is 463 g/mol. The molecular weight excluding hydrogens is 438 g/mol. The largest absolute Gasteiger partial charge is 0.495 e. The molecule has 33 heavy (non-hydrogen) atoms. The summed E-state index contributed by atoms with van der Waals surface area (Å²) in [7, 11) is 1.55. The molecule has 0 aliphatic carbocycles. The zero-order valence-electron chi connectivity index (χ0n) is 18.7. The molecule has 0 saturated heterocycles. The highest BCUT2D eigenvalue weighted by molar-refractivity contribution is 7.99. The van der Waals surface area contributed by atoms with Gasteiger partial charge < -0.3 is 10.1 Å². The fraction of sp³-hybridized carbons (Fsp3) is 0.250. The predicted molar refractivity (Wildman–Crippen MR) is 130 cm³/mol. The number of nitrogens with one attached hydrogen (secondary N) is 1. The fourth-order valence-electron chi connectivity index (χ4n) is 3.38. The van der Waals surface area contributed by atoms with Crippen LogP contribution in [0.2, 0.25) is 0 Å². The van der Waals surface area contributed by atoms with E-state index in [-0.39, 0.29) is 17.2 Å². The molecule has 0 fully saturated rings. The number of hydrogen-bond donors (Lipinski definition) is 1. The van der Waals surface area contributed by atoms with E-state index in [1.807, 2.05) is 50.2 Å². The smallest absolute Gasteiger partial charge is 0.282 e. The van der Waals surface area contributed by atoms with Crippen molar-refractivity contribution in [2.45, 2.75) is 32.1 Å². The molecular formula is C24H25N5O3S. The van der Waals surface area contributed by atoms with Crippen LogP contribution in [0.5, 0.6) is 5.75 Å². The van der Waals surface area contributed by atoms with E-state index >= 15 is 0 Å². The van der Waals surface area contributed by atoms with Crippen molar-refractivity contribution >= 4 is 34.4 Å². The van der Waals surface area contributed by atoms with Crippen molar-refractivity contribution < 1.29 is 9.53 Å². The van der Waals surface area contributed by atoms with Crippen LogP contribution in [0.4, 0.5) is 5.69 Å². The van der Waals surface area contributed by atoms with Gasteiger partial charge in [0.25, 0.3) is 5.56 Å². The van der Waals surface area contributed by atoms with Crippen LogP contribution in [0.1, 0.15) is 18.1 Å². The number of fused-ring (bicyclic) bond motifs is 1. The summed E-state index contributed by atoms with van der Waals surface area (Å²) >= 11 is 1.22. The first-order valence-corrected chi connectivity index (χ1v) is 11.6. The number of carbonyl (C=O) groups is 1. The van der Waals surface area contributed by atoms with Gasteiger partial charge in [-0.25, -0.2) is 4.98 Å². The summed E-state index contributed by atoms with van der Waals surface area (Å²) in [6, 6.07) is 15.2. The lowest BCUT2D eigenvalue weighted by Crippen LogP contribution is -2.25. The summed E-state index contributed by atoms with van der Waals surface area (Å²) in [6.45, 7) is 4.95. The van der Waals surface area contributed by atoms with Gasteiger partial charge in [-0.3, -0.25) is 18.8 Å². The number of hydrogen-bond acceptors (Lipinski definition) is 6. The molecule has 4 rings (SSSR count). The molecule has 2 aromatic heterocycles. The lowest BCUT2D eigenvalue weighted by atomic mass is 10.1. The number of benzene rings is 2. The van der Waals surface area contributed by atoms with Gasteiger partial charge in [-0.1, -0.05) is 53.7 Å². The number of aromatic nitrogens is 4. The number of para-hydroxylation sites is 2. The number of nitrogens with zero attached hydrogens (tertiary/aromatic N) is 4. The maximum absolute atomic E-state index is 13.3. The number of amides is 1. The average Bonchev–Trinajstić information content (AvgIpc) is 3.25. The fourth-order valence-corrected chi connectivity index (χ4v) is 4.17. The molecule has 1 amide bonds. The number of thioether (sulfide) groups is 1. The third-order valence-corrected chi connectivity index (χ3v) is 6.11. The van der Waals surface area contributed by atoms with E-state index in [0.29, 0.717) is 40.7 Å². The number of aryl methyl sites for hydroxylation is 2. The number of carbonyl (C=O) groups excluding carboxylic acids is 1. The molecule has 2 heterocycles. The molecule has 9 heteroatoms. The van der Waals surface area contributed by atoms with Crippen molar-refractivity contribution in [1.29, 1.82) is 0 Å². The van der Waals surface area contributed by atoms with Crippen LogP contribution < -0.4 is 15.6 Å². The first-order valence-electron chi connectivity index (χ1n) is 10.6. The minimum absolute atomic E-state index is 0.0891. The molecule has 8 nitrogen and oxygen atoms in total. The van der Waals surface area contributed by atoms with Crippen molar-refractivity contribution in [1.82, 2.24) is 19.3 Å². The Labute approximate surface area is 195 Å². The summed E-state index contributed by atoms with van der Waals surface area (Å²) < 4.78 is 8.57. The second kappa shape index (κ2) is 9.91. The van der Waals surface area contributed by atoms with Crippen molar-refractivity contribution in [2.75, 3.05) is 18.2 Å². The van der Waals surface area contributed by atoms with Crippen molar-refractivity contribution in [2.24, 2.45) is 0 Å². The normalized spacial score (nSPS) is 11.0. The summed E-state index contributed by atoms with van der Waals surface area (Å²) in [6.07, 6.45) is 1.76. The maximum Gasteiger partial charge on any atom is 0.282 e. The maximum atomic E-state index is 13.3. The molecule has 0 aliphatic rings. The van der Waals surface area contributed by atoms with Crippen LogP contribution in [0, 0.1) is 6.92 Å². The molecule has 170 valence electrons. The van der Waals surface area contributed by atoms with Crippen molar-refractivity contribution in [3.63, 3.8) is 0 Å². The number of anilines is 1. The Bertz CT molecular complexity index is 1340. The minimum Gasteiger partial charge on any atom is -0.495 e. The molecule has 0 bridgehead atoms. The third kappa shape index (κ3) is 5.09. The highest BCUT2D eigenvalue weighted by Gasteiger charge is 2.17. The standard InChI is InChI=1S/C24H25N5O3S/c1-4-28-14-19-22(27-28)23(31)29(13-17-11-9-16(2)10-12-17)24(26-19)33-15-21(30)25-18-7-5-6-8-20(18)32-3/h5-12,14H,4,13,15H2,1-3H3,(H,25,30). The van der Waals surface area contributed by atoms with Crippen LogP contribution in [0.15, 0.2) is 64.7 Å². The molecule has 0 saturated carbocycles. The first kappa shape index (κ1) is 22.6. The van der Waals surface area contributed by atoms with Crippen LogP contribution in [-0.4, -0.2) is 38.1 Å². The Morgan fingerprint density at radius 2 is 1.91 bits per heavy atom. The zero-order chi connectivity index (χ0) is 23.4. The van der Waals surface area contributed by atoms with Gasteiger partial charge in [0.15, 0.2) is 10.7 Å². The number of rotatable bonds is 8. The van der Waals surface area contributed by atoms with Gasteiger partial charge in [0, 0.05) is 6.54 Å². The van der Waals surface area contributed by atoms with Crippen LogP contribution >= 0.6 is 11.8 Å². The number of ether oxygens (including phenoxy) is 1. The Balaban J connectivity index is 1.62. The molecule has 0 unspecified atom stereocenters. The van der Waals surface area contributed by atoms with Gasteiger partial charge in [-0.15, -0.1) is 0 Å². The highest BCUT2D eigenvalue weighted by atomic mass is 32.2. The Hall–Kier alpha value is -3.59. The average molecular weight is 464 g/mol. The van der Waals surface area contributed by atoms with E-state index in [4.69, 9.17) is 4.74 Å². The topological polar surface area (TPSA) is 91.0 Å². The van der Waals surface area contributed by atoms with Gasteiger partial charge in [-0.05, 0) is 31.5 Å². The molecule has 0 atom stereocenters. The van der Waals surface area contributed by atoms with Crippen LogP contribution in [-0.2, 0) is 17.9 Å². The molecule has 4 aromatic rings. The van der Waals surface area contributed by atoms with E-state index in [2.05, 4.69) is 15.4 Å². The summed E-state index contributed by atoms with van der Waals surface area (Å²) in [4.78, 5) is 30.6. The van der Waals surface area contributed by atoms with Crippen LogP contribution in [0.3, 0.4) is 0 Å². The van der Waals surface area contributed by atoms with E-state index in [1.54, 1.807) is 34.7 Å². The lowest BCUT2D eigenvalue weighted by molar-refractivity contribution is -0.113. The summed E-state index contributed by atoms with van der Waals surface area (Å²) in [5.41, 5.74) is 3.33. The zero-order valence-corrected chi connectivity index (χ0v) is 19.6. The van der Waals surface area contributed by atoms with Gasteiger partial charge in [0.1, 0.15) is 11.3 Å². The van der Waals surface area contributed by atoms with E-state index in [9.17, 15) is 9.59 Å². The van der Waals surface area contributed by atoms with Crippen molar-refractivity contribution in [3.8, 4) is 5.75 Å². The molecule has 1 N–H and O–H groups in total. The van der Waals surface area contributed by atoms with Crippen molar-refractivity contribution in [3.05, 3.63) is 76.2 Å². The molecule has 0 aliphatic heterocycles. The second-order valence-corrected chi connectivity index (χ2v) is 8.47. The van der Waals surface area contributed by atoms with Gasteiger partial charge in [0.2, 0.25) is 5.91 Å². The SMILES string of the molecule is CCn1cc2nc(SCC(=O)Nc3ccccc3OC)n(Cc3ccc(C)cc3)c(=O)c2n1. The quantitative estimate of drug-likeness (QED) is 0.316. The van der Waals surface area contributed by atoms with Crippen LogP contribution in [0.25, 0.3) is 11.0 Å². The van der Waals surface area contributed by atoms with Gasteiger partial charge in [-0.2, -0.15) is 5.10 Å². The molecule has 0 radical (unpaired) electrons. The Morgan fingerprint density at radius 1 is 1.15 bits per heavy atom. The predicted octanol–water partition coefficient (Wildman–Crippen LogP) is 3.71. The second-order valence-electron chi connectivity index (χ2n) is 7.53.